The first-order chi connectivity index (χ1) is 4.93. The fourth-order valence-electron chi connectivity index (χ4n) is 0.927. The van der Waals surface area contributed by atoms with Gasteiger partial charge in [-0.05, 0) is 12.8 Å². The molecule has 0 aromatic heterocycles. The summed E-state index contributed by atoms with van der Waals surface area (Å²) in [5.74, 6) is 0. The monoisotopic (exact) mass is 140 g/mol. The molecule has 1 heterocycles. The van der Waals surface area contributed by atoms with E-state index in [1.54, 1.807) is 0 Å². The van der Waals surface area contributed by atoms with Crippen LogP contribution in [-0.2, 0) is 4.74 Å². The lowest BCUT2D eigenvalue weighted by Crippen LogP contribution is -1.75. The van der Waals surface area contributed by atoms with Gasteiger partial charge in [-0.15, -0.1) is 0 Å². The number of ether oxygens (including phenoxy) is 1. The number of epoxide rings is 1. The molecule has 1 fully saturated rings. The molecule has 1 aliphatic rings. The quantitative estimate of drug-likeness (QED) is 0.325. The Morgan fingerprint density at radius 3 is 2.90 bits per heavy atom. The molecular weight excluding hydrogens is 124 g/mol. The van der Waals surface area contributed by atoms with Gasteiger partial charge in [0.1, 0.15) is 0 Å². The van der Waals surface area contributed by atoms with Gasteiger partial charge < -0.3 is 4.74 Å². The van der Waals surface area contributed by atoms with Gasteiger partial charge in [-0.2, -0.15) is 0 Å². The minimum absolute atomic E-state index is 0.474. The van der Waals surface area contributed by atoms with E-state index in [0.717, 1.165) is 6.61 Å². The van der Waals surface area contributed by atoms with Gasteiger partial charge >= 0.3 is 0 Å². The molecule has 1 saturated heterocycles. The molecule has 1 heteroatoms. The standard InChI is InChI=1S/C9H16O/c1-2-3-4-5-6-7-9-8-10-9/h6-7,9H,2-5,8H2,1H3/b7-6+/t9-/m0/s1. The van der Waals surface area contributed by atoms with E-state index in [9.17, 15) is 0 Å². The Balaban J connectivity index is 1.83. The van der Waals surface area contributed by atoms with Crippen molar-refractivity contribution in [3.8, 4) is 0 Å². The second kappa shape index (κ2) is 4.51. The maximum Gasteiger partial charge on any atom is 0.0991 e. The predicted octanol–water partition coefficient (Wildman–Crippen LogP) is 2.52. The van der Waals surface area contributed by atoms with Crippen LogP contribution in [0.25, 0.3) is 0 Å². The van der Waals surface area contributed by atoms with Gasteiger partial charge in [0.15, 0.2) is 0 Å². The molecule has 0 saturated carbocycles. The van der Waals surface area contributed by atoms with Crippen LogP contribution in [-0.4, -0.2) is 12.7 Å². The summed E-state index contributed by atoms with van der Waals surface area (Å²) in [6, 6.07) is 0. The molecule has 0 amide bonds. The van der Waals surface area contributed by atoms with Crippen LogP contribution in [0.5, 0.6) is 0 Å². The Kier molecular flexibility index (Phi) is 3.52. The lowest BCUT2D eigenvalue weighted by atomic mass is 10.2. The van der Waals surface area contributed by atoms with Crippen LogP contribution < -0.4 is 0 Å². The largest absolute Gasteiger partial charge is 0.369 e. The zero-order valence-electron chi connectivity index (χ0n) is 6.68. The molecule has 0 unspecified atom stereocenters. The van der Waals surface area contributed by atoms with Crippen molar-refractivity contribution in [2.75, 3.05) is 6.61 Å². The Morgan fingerprint density at radius 1 is 1.50 bits per heavy atom. The molecule has 0 aliphatic carbocycles. The Morgan fingerprint density at radius 2 is 2.30 bits per heavy atom. The highest BCUT2D eigenvalue weighted by Gasteiger charge is 2.17. The minimum Gasteiger partial charge on any atom is -0.369 e. The summed E-state index contributed by atoms with van der Waals surface area (Å²) in [6.07, 6.45) is 10.1. The predicted molar refractivity (Wildman–Crippen MR) is 43.0 cm³/mol. The van der Waals surface area contributed by atoms with Gasteiger partial charge in [0.25, 0.3) is 0 Å². The maximum atomic E-state index is 5.03. The van der Waals surface area contributed by atoms with Crippen LogP contribution in [0, 0.1) is 0 Å². The van der Waals surface area contributed by atoms with E-state index in [-0.39, 0.29) is 0 Å². The van der Waals surface area contributed by atoms with Crippen LogP contribution >= 0.6 is 0 Å². The first kappa shape index (κ1) is 7.80. The van der Waals surface area contributed by atoms with Crippen LogP contribution in [0.3, 0.4) is 0 Å². The lowest BCUT2D eigenvalue weighted by Gasteiger charge is -1.89. The Bertz CT molecular complexity index is 103. The van der Waals surface area contributed by atoms with E-state index < -0.39 is 0 Å². The zero-order chi connectivity index (χ0) is 7.23. The molecule has 0 aromatic carbocycles. The fraction of sp³-hybridized carbons (Fsp3) is 0.778. The third-order valence-corrected chi connectivity index (χ3v) is 1.68. The number of hydrogen-bond donors (Lipinski definition) is 0. The highest BCUT2D eigenvalue weighted by atomic mass is 16.6. The summed E-state index contributed by atoms with van der Waals surface area (Å²) in [4.78, 5) is 0. The fourth-order valence-corrected chi connectivity index (χ4v) is 0.927. The molecule has 0 N–H and O–H groups in total. The summed E-state index contributed by atoms with van der Waals surface area (Å²) in [6.45, 7) is 3.18. The van der Waals surface area contributed by atoms with Crippen LogP contribution in [0.2, 0.25) is 0 Å². The van der Waals surface area contributed by atoms with Crippen molar-refractivity contribution in [3.63, 3.8) is 0 Å². The summed E-state index contributed by atoms with van der Waals surface area (Å²) in [5.41, 5.74) is 0. The van der Waals surface area contributed by atoms with Crippen molar-refractivity contribution in [2.24, 2.45) is 0 Å². The van der Waals surface area contributed by atoms with Crippen molar-refractivity contribution >= 4 is 0 Å². The van der Waals surface area contributed by atoms with Gasteiger partial charge in [-0.1, -0.05) is 31.9 Å². The zero-order valence-corrected chi connectivity index (χ0v) is 6.68. The first-order valence-electron chi connectivity index (χ1n) is 4.21. The number of allylic oxidation sites excluding steroid dienone is 1. The second-order valence-electron chi connectivity index (χ2n) is 2.80. The first-order valence-corrected chi connectivity index (χ1v) is 4.21. The third kappa shape index (κ3) is 3.67. The van der Waals surface area contributed by atoms with E-state index >= 15 is 0 Å². The lowest BCUT2D eigenvalue weighted by molar-refractivity contribution is 0.439. The van der Waals surface area contributed by atoms with Gasteiger partial charge in [-0.25, -0.2) is 0 Å². The summed E-state index contributed by atoms with van der Waals surface area (Å²) in [5, 5.41) is 0. The second-order valence-corrected chi connectivity index (χ2v) is 2.80. The van der Waals surface area contributed by atoms with Crippen molar-refractivity contribution in [3.05, 3.63) is 12.2 Å². The summed E-state index contributed by atoms with van der Waals surface area (Å²) >= 11 is 0. The molecule has 58 valence electrons. The molecule has 0 spiro atoms. The van der Waals surface area contributed by atoms with Crippen molar-refractivity contribution in [1.29, 1.82) is 0 Å². The average molecular weight is 140 g/mol. The van der Waals surface area contributed by atoms with Crippen LogP contribution in [0.1, 0.15) is 32.6 Å². The Labute approximate surface area is 63.1 Å². The normalized spacial score (nSPS) is 23.9. The molecule has 1 atom stereocenters. The molecule has 1 nitrogen and oxygen atoms in total. The SMILES string of the molecule is CCCCC/C=C/[C@H]1CO1. The van der Waals surface area contributed by atoms with Gasteiger partial charge in [0.05, 0.1) is 12.7 Å². The van der Waals surface area contributed by atoms with Crippen LogP contribution in [0.15, 0.2) is 12.2 Å². The summed E-state index contributed by atoms with van der Waals surface area (Å²) in [7, 11) is 0. The molecule has 1 aliphatic heterocycles. The highest BCUT2D eigenvalue weighted by Crippen LogP contribution is 2.10. The third-order valence-electron chi connectivity index (χ3n) is 1.68. The number of rotatable bonds is 5. The maximum absolute atomic E-state index is 5.03. The topological polar surface area (TPSA) is 12.5 Å². The smallest absolute Gasteiger partial charge is 0.0991 e. The molecule has 0 radical (unpaired) electrons. The molecule has 10 heavy (non-hydrogen) atoms. The Hall–Kier alpha value is -0.300. The van der Waals surface area contributed by atoms with E-state index in [4.69, 9.17) is 4.74 Å². The van der Waals surface area contributed by atoms with E-state index in [2.05, 4.69) is 19.1 Å². The van der Waals surface area contributed by atoms with Gasteiger partial charge in [0.2, 0.25) is 0 Å². The number of hydrogen-bond acceptors (Lipinski definition) is 1. The van der Waals surface area contributed by atoms with Crippen molar-refractivity contribution < 1.29 is 4.74 Å². The van der Waals surface area contributed by atoms with E-state index in [1.807, 2.05) is 0 Å². The molecule has 1 rings (SSSR count). The molecular formula is C9H16O. The molecule has 0 aromatic rings. The van der Waals surface area contributed by atoms with E-state index in [1.165, 1.54) is 25.7 Å². The van der Waals surface area contributed by atoms with Crippen molar-refractivity contribution in [2.45, 2.75) is 38.7 Å². The molecule has 0 bridgehead atoms. The van der Waals surface area contributed by atoms with Crippen molar-refractivity contribution in [1.82, 2.24) is 0 Å². The number of unbranched alkanes of at least 4 members (excludes halogenated alkanes) is 3. The minimum atomic E-state index is 0.474. The van der Waals surface area contributed by atoms with Gasteiger partial charge in [0, 0.05) is 0 Å². The highest BCUT2D eigenvalue weighted by molar-refractivity contribution is 4.95. The van der Waals surface area contributed by atoms with E-state index in [0.29, 0.717) is 6.10 Å². The summed E-state index contributed by atoms with van der Waals surface area (Å²) < 4.78 is 5.03. The van der Waals surface area contributed by atoms with Gasteiger partial charge in [-0.3, -0.25) is 0 Å². The average Bonchev–Trinajstić information content (AvgIpc) is 2.71. The van der Waals surface area contributed by atoms with Crippen LogP contribution in [0.4, 0.5) is 0 Å².